The van der Waals surface area contributed by atoms with Gasteiger partial charge >= 0.3 is 0 Å². The maximum Gasteiger partial charge on any atom is 0.220 e. The van der Waals surface area contributed by atoms with E-state index in [1.807, 2.05) is 6.08 Å². The minimum absolute atomic E-state index is 0.0776. The van der Waals surface area contributed by atoms with Crippen molar-refractivity contribution >= 4 is 5.91 Å². The summed E-state index contributed by atoms with van der Waals surface area (Å²) in [5, 5.41) is 22.8. The van der Waals surface area contributed by atoms with E-state index in [4.69, 9.17) is 0 Å². The van der Waals surface area contributed by atoms with E-state index in [1.165, 1.54) is 141 Å². The van der Waals surface area contributed by atoms with E-state index in [9.17, 15) is 15.0 Å². The van der Waals surface area contributed by atoms with Gasteiger partial charge in [-0.2, -0.15) is 0 Å². The van der Waals surface area contributed by atoms with E-state index >= 15 is 0 Å². The van der Waals surface area contributed by atoms with E-state index in [2.05, 4.69) is 31.3 Å². The Morgan fingerprint density at radius 2 is 0.929 bits per heavy atom. The van der Waals surface area contributed by atoms with Gasteiger partial charge in [0.1, 0.15) is 0 Å². The van der Waals surface area contributed by atoms with Crippen LogP contribution >= 0.6 is 0 Å². The third-order valence-corrected chi connectivity index (χ3v) is 8.44. The molecule has 0 spiro atoms. The van der Waals surface area contributed by atoms with Crippen molar-refractivity contribution in [3.05, 3.63) is 24.3 Å². The molecule has 0 saturated heterocycles. The summed E-state index contributed by atoms with van der Waals surface area (Å²) in [6.07, 6.45) is 42.8. The zero-order chi connectivity index (χ0) is 30.8. The van der Waals surface area contributed by atoms with Crippen molar-refractivity contribution in [1.82, 2.24) is 5.32 Å². The fraction of sp³-hybridized carbons (Fsp3) is 0.868. The first-order valence-corrected chi connectivity index (χ1v) is 18.6. The summed E-state index contributed by atoms with van der Waals surface area (Å²) in [6, 6.07) is -0.632. The van der Waals surface area contributed by atoms with Crippen LogP contribution in [0.2, 0.25) is 0 Å². The van der Waals surface area contributed by atoms with Crippen molar-refractivity contribution in [2.24, 2.45) is 0 Å². The highest BCUT2D eigenvalue weighted by Gasteiger charge is 2.17. The van der Waals surface area contributed by atoms with Crippen molar-refractivity contribution in [2.75, 3.05) is 6.61 Å². The molecular formula is C38H73NO3. The maximum atomic E-state index is 12.2. The van der Waals surface area contributed by atoms with Crippen LogP contribution < -0.4 is 5.32 Å². The summed E-state index contributed by atoms with van der Waals surface area (Å²) in [5.41, 5.74) is 0. The maximum absolute atomic E-state index is 12.2. The van der Waals surface area contributed by atoms with Gasteiger partial charge in [-0.3, -0.25) is 4.79 Å². The highest BCUT2D eigenvalue weighted by atomic mass is 16.3. The Morgan fingerprint density at radius 1 is 0.548 bits per heavy atom. The molecule has 2 unspecified atom stereocenters. The highest BCUT2D eigenvalue weighted by Crippen LogP contribution is 2.14. The predicted octanol–water partition coefficient (Wildman–Crippen LogP) is 10.9. The molecule has 2 atom stereocenters. The average molecular weight is 592 g/mol. The van der Waals surface area contributed by atoms with Crippen LogP contribution in [0.3, 0.4) is 0 Å². The van der Waals surface area contributed by atoms with Gasteiger partial charge in [0.05, 0.1) is 18.8 Å². The second-order valence-electron chi connectivity index (χ2n) is 12.6. The van der Waals surface area contributed by atoms with Gasteiger partial charge < -0.3 is 15.5 Å². The first-order valence-electron chi connectivity index (χ1n) is 18.6. The molecule has 0 aromatic carbocycles. The zero-order valence-electron chi connectivity index (χ0n) is 28.3. The summed E-state index contributed by atoms with van der Waals surface area (Å²) in [6.45, 7) is 4.27. The third-order valence-electron chi connectivity index (χ3n) is 8.44. The normalized spacial score (nSPS) is 13.3. The number of aliphatic hydroxyl groups is 2. The van der Waals surface area contributed by atoms with Gasteiger partial charge in [-0.15, -0.1) is 0 Å². The molecule has 0 radical (unpaired) electrons. The molecule has 0 heterocycles. The van der Waals surface area contributed by atoms with E-state index in [1.54, 1.807) is 6.08 Å². The van der Waals surface area contributed by atoms with Crippen molar-refractivity contribution in [3.63, 3.8) is 0 Å². The largest absolute Gasteiger partial charge is 0.394 e. The number of amides is 1. The molecule has 0 rings (SSSR count). The summed E-state index contributed by atoms with van der Waals surface area (Å²) in [7, 11) is 0. The number of aliphatic hydroxyl groups excluding tert-OH is 2. The molecule has 3 N–H and O–H groups in total. The van der Waals surface area contributed by atoms with Gasteiger partial charge in [0.2, 0.25) is 5.91 Å². The first-order chi connectivity index (χ1) is 20.7. The van der Waals surface area contributed by atoms with Crippen LogP contribution in [-0.4, -0.2) is 34.9 Å². The summed E-state index contributed by atoms with van der Waals surface area (Å²) < 4.78 is 0. The lowest BCUT2D eigenvalue weighted by atomic mass is 10.0. The van der Waals surface area contributed by atoms with E-state index in [-0.39, 0.29) is 12.5 Å². The van der Waals surface area contributed by atoms with Gasteiger partial charge in [0, 0.05) is 6.42 Å². The van der Waals surface area contributed by atoms with E-state index in [0.29, 0.717) is 6.42 Å². The quantitative estimate of drug-likeness (QED) is 0.0525. The number of allylic oxidation sites excluding steroid dienone is 3. The number of carbonyl (C=O) groups excluding carboxylic acids is 1. The molecule has 4 nitrogen and oxygen atoms in total. The van der Waals surface area contributed by atoms with Crippen molar-refractivity contribution in [2.45, 2.75) is 206 Å². The molecule has 0 aromatic rings. The Hall–Kier alpha value is -1.13. The minimum Gasteiger partial charge on any atom is -0.394 e. The highest BCUT2D eigenvalue weighted by molar-refractivity contribution is 5.76. The number of unbranched alkanes of at least 4 members (excludes halogenated alkanes) is 24. The molecule has 42 heavy (non-hydrogen) atoms. The minimum atomic E-state index is -0.855. The molecule has 0 saturated carbocycles. The lowest BCUT2D eigenvalue weighted by Gasteiger charge is -2.19. The number of nitrogens with one attached hydrogen (secondary N) is 1. The fourth-order valence-electron chi connectivity index (χ4n) is 5.55. The van der Waals surface area contributed by atoms with Crippen LogP contribution in [0, 0.1) is 0 Å². The smallest absolute Gasteiger partial charge is 0.220 e. The Bertz CT molecular complexity index is 603. The second-order valence-corrected chi connectivity index (χ2v) is 12.6. The molecule has 0 aliphatic rings. The molecule has 0 aromatic heterocycles. The molecule has 0 aliphatic carbocycles. The Kier molecular flexibility index (Phi) is 33.4. The third kappa shape index (κ3) is 30.3. The fourth-order valence-corrected chi connectivity index (χ4v) is 5.55. The van der Waals surface area contributed by atoms with Gasteiger partial charge in [-0.25, -0.2) is 0 Å². The molecule has 0 aliphatic heterocycles. The van der Waals surface area contributed by atoms with Crippen molar-refractivity contribution in [3.8, 4) is 0 Å². The van der Waals surface area contributed by atoms with Crippen LogP contribution in [0.4, 0.5) is 0 Å². The number of hydrogen-bond acceptors (Lipinski definition) is 3. The Morgan fingerprint density at radius 3 is 1.38 bits per heavy atom. The van der Waals surface area contributed by atoms with Crippen LogP contribution in [0.25, 0.3) is 0 Å². The molecule has 0 bridgehead atoms. The van der Waals surface area contributed by atoms with E-state index in [0.717, 1.165) is 32.1 Å². The SMILES string of the molecule is CCCCCCCCCCCCCCCCC/C=C/CC/C=C/C(O)C(CO)NC(=O)CCCCCCCCCCC. The lowest BCUT2D eigenvalue weighted by Crippen LogP contribution is -2.45. The van der Waals surface area contributed by atoms with Crippen molar-refractivity contribution in [1.29, 1.82) is 0 Å². The van der Waals surface area contributed by atoms with Crippen molar-refractivity contribution < 1.29 is 15.0 Å². The topological polar surface area (TPSA) is 69.6 Å². The monoisotopic (exact) mass is 592 g/mol. The zero-order valence-corrected chi connectivity index (χ0v) is 28.3. The van der Waals surface area contributed by atoms with Crippen LogP contribution in [-0.2, 0) is 4.79 Å². The molecular weight excluding hydrogens is 518 g/mol. The second kappa shape index (κ2) is 34.4. The predicted molar refractivity (Wildman–Crippen MR) is 184 cm³/mol. The van der Waals surface area contributed by atoms with Gasteiger partial charge in [0.25, 0.3) is 0 Å². The summed E-state index contributed by atoms with van der Waals surface area (Å²) in [4.78, 5) is 12.2. The van der Waals surface area contributed by atoms with Gasteiger partial charge in [-0.1, -0.05) is 179 Å². The average Bonchev–Trinajstić information content (AvgIpc) is 2.99. The summed E-state index contributed by atoms with van der Waals surface area (Å²) >= 11 is 0. The number of carbonyl (C=O) groups is 1. The number of rotatable bonds is 33. The van der Waals surface area contributed by atoms with Crippen LogP contribution in [0.15, 0.2) is 24.3 Å². The first kappa shape index (κ1) is 40.9. The lowest BCUT2D eigenvalue weighted by molar-refractivity contribution is -0.123. The van der Waals surface area contributed by atoms with Gasteiger partial charge in [-0.05, 0) is 32.1 Å². The molecule has 0 fully saturated rings. The Balaban J connectivity index is 3.61. The van der Waals surface area contributed by atoms with Crippen LogP contribution in [0.5, 0.6) is 0 Å². The van der Waals surface area contributed by atoms with E-state index < -0.39 is 12.1 Å². The standard InChI is InChI=1S/C38H73NO3/c1-3-5-7-9-11-13-14-15-16-17-18-19-20-21-22-23-24-26-27-29-31-33-37(41)36(35-40)39-38(42)34-32-30-28-25-12-10-8-6-4-2/h24,26,31,33,36-37,40-41H,3-23,25,27-30,32,34-35H2,1-2H3,(H,39,42)/b26-24+,33-31+. The molecule has 248 valence electrons. The number of hydrogen-bond donors (Lipinski definition) is 3. The Labute approximate surface area is 262 Å². The van der Waals surface area contributed by atoms with Crippen LogP contribution in [0.1, 0.15) is 194 Å². The van der Waals surface area contributed by atoms with Gasteiger partial charge in [0.15, 0.2) is 0 Å². The molecule has 1 amide bonds. The summed E-state index contributed by atoms with van der Waals surface area (Å²) in [5.74, 6) is -0.0776. The molecule has 4 heteroatoms.